The molecule has 148 valence electrons. The minimum atomic E-state index is 0.258. The monoisotopic (exact) mass is 413 g/mol. The van der Waals surface area contributed by atoms with Crippen molar-refractivity contribution < 1.29 is 9.47 Å². The Bertz CT molecular complexity index is 1270. The molecule has 0 aliphatic carbocycles. The summed E-state index contributed by atoms with van der Waals surface area (Å²) in [5, 5.41) is 11.0. The lowest BCUT2D eigenvalue weighted by atomic mass is 10.1. The highest BCUT2D eigenvalue weighted by molar-refractivity contribution is 7.07. The number of hydrogen-bond donors (Lipinski definition) is 0. The molecule has 4 aromatic rings. The first-order valence-corrected chi connectivity index (χ1v) is 10.5. The fourth-order valence-electron chi connectivity index (χ4n) is 3.27. The van der Waals surface area contributed by atoms with E-state index < -0.39 is 0 Å². The second kappa shape index (κ2) is 8.00. The van der Waals surface area contributed by atoms with Gasteiger partial charge in [-0.3, -0.25) is 4.57 Å². The standard InChI is InChI=1S/C24H19N3O2S/c1-17-7-10-19(11-8-17)21-15-30-24(27(21)20-5-3-2-4-6-20)26-25-14-18-9-12-22-23(13-18)29-16-28-22/h2-15H,16H2,1H3/b25-14+,26-24-. The van der Waals surface area contributed by atoms with Crippen molar-refractivity contribution in [2.24, 2.45) is 10.2 Å². The molecule has 5 nitrogen and oxygen atoms in total. The van der Waals surface area contributed by atoms with Crippen LogP contribution >= 0.6 is 11.3 Å². The molecule has 0 unspecified atom stereocenters. The second-order valence-corrected chi connectivity index (χ2v) is 7.73. The van der Waals surface area contributed by atoms with E-state index in [1.54, 1.807) is 17.6 Å². The van der Waals surface area contributed by atoms with Crippen LogP contribution < -0.4 is 14.3 Å². The van der Waals surface area contributed by atoms with Crippen LogP contribution in [0, 0.1) is 6.92 Å². The third-order valence-corrected chi connectivity index (χ3v) is 5.63. The molecule has 1 aliphatic rings. The van der Waals surface area contributed by atoms with Crippen molar-refractivity contribution in [3.8, 4) is 28.4 Å². The number of benzene rings is 3. The lowest BCUT2D eigenvalue weighted by molar-refractivity contribution is 0.174. The van der Waals surface area contributed by atoms with Crippen LogP contribution in [0.25, 0.3) is 16.9 Å². The van der Waals surface area contributed by atoms with Crippen LogP contribution in [0.3, 0.4) is 0 Å². The molecule has 0 saturated heterocycles. The average molecular weight is 414 g/mol. The molecule has 6 heteroatoms. The third-order valence-electron chi connectivity index (χ3n) is 4.82. The molecule has 0 fully saturated rings. The summed E-state index contributed by atoms with van der Waals surface area (Å²) in [5.41, 5.74) is 5.42. The summed E-state index contributed by atoms with van der Waals surface area (Å²) in [4.78, 5) is 0.800. The van der Waals surface area contributed by atoms with E-state index in [2.05, 4.69) is 63.5 Å². The fourth-order valence-corrected chi connectivity index (χ4v) is 4.13. The van der Waals surface area contributed by atoms with E-state index in [-0.39, 0.29) is 6.79 Å². The predicted octanol–water partition coefficient (Wildman–Crippen LogP) is 5.18. The summed E-state index contributed by atoms with van der Waals surface area (Å²) in [5.74, 6) is 1.49. The van der Waals surface area contributed by atoms with E-state index in [0.29, 0.717) is 0 Å². The highest BCUT2D eigenvalue weighted by atomic mass is 32.1. The highest BCUT2D eigenvalue weighted by Crippen LogP contribution is 2.32. The Hall–Kier alpha value is -3.64. The normalized spacial score (nSPS) is 13.3. The third kappa shape index (κ3) is 3.65. The van der Waals surface area contributed by atoms with Crippen molar-refractivity contribution in [2.45, 2.75) is 6.92 Å². The minimum absolute atomic E-state index is 0.258. The maximum atomic E-state index is 5.42. The molecule has 2 heterocycles. The van der Waals surface area contributed by atoms with Crippen LogP contribution in [0.4, 0.5) is 0 Å². The van der Waals surface area contributed by atoms with Gasteiger partial charge in [0.2, 0.25) is 11.6 Å². The number of nitrogens with zero attached hydrogens (tertiary/aromatic N) is 3. The predicted molar refractivity (Wildman–Crippen MR) is 120 cm³/mol. The van der Waals surface area contributed by atoms with E-state index >= 15 is 0 Å². The largest absolute Gasteiger partial charge is 0.454 e. The Labute approximate surface area is 178 Å². The van der Waals surface area contributed by atoms with Crippen LogP contribution in [0.15, 0.2) is 88.4 Å². The van der Waals surface area contributed by atoms with Gasteiger partial charge in [-0.25, -0.2) is 0 Å². The lowest BCUT2D eigenvalue weighted by Gasteiger charge is -2.09. The number of aryl methyl sites for hydroxylation is 1. The van der Waals surface area contributed by atoms with E-state index in [0.717, 1.165) is 38.8 Å². The average Bonchev–Trinajstić information content (AvgIpc) is 3.42. The number of rotatable bonds is 4. The Balaban J connectivity index is 1.55. The number of aromatic nitrogens is 1. The zero-order chi connectivity index (χ0) is 20.3. The molecule has 1 aromatic heterocycles. The van der Waals surface area contributed by atoms with Gasteiger partial charge in [-0.1, -0.05) is 48.0 Å². The Kier molecular flexibility index (Phi) is 4.91. The SMILES string of the molecule is Cc1ccc(-c2cs/c(=N\N=C\c3ccc4c(c3)OCO4)n2-c2ccccc2)cc1. The van der Waals surface area contributed by atoms with Crippen molar-refractivity contribution in [3.05, 3.63) is 94.1 Å². The Morgan fingerprint density at radius 2 is 1.73 bits per heavy atom. The zero-order valence-corrected chi connectivity index (χ0v) is 17.2. The van der Waals surface area contributed by atoms with Crippen molar-refractivity contribution >= 4 is 17.6 Å². The first-order chi connectivity index (χ1) is 14.8. The van der Waals surface area contributed by atoms with E-state index in [4.69, 9.17) is 9.47 Å². The molecule has 3 aromatic carbocycles. The Morgan fingerprint density at radius 1 is 0.933 bits per heavy atom. The molecule has 0 radical (unpaired) electrons. The van der Waals surface area contributed by atoms with Crippen LogP contribution in [0.5, 0.6) is 11.5 Å². The fraction of sp³-hybridized carbons (Fsp3) is 0.0833. The van der Waals surface area contributed by atoms with E-state index in [1.807, 2.05) is 36.4 Å². The van der Waals surface area contributed by atoms with Gasteiger partial charge in [0.1, 0.15) is 0 Å². The molecule has 0 bridgehead atoms. The van der Waals surface area contributed by atoms with Gasteiger partial charge in [0, 0.05) is 11.1 Å². The molecular weight excluding hydrogens is 394 g/mol. The van der Waals surface area contributed by atoms with Gasteiger partial charge < -0.3 is 9.47 Å². The van der Waals surface area contributed by atoms with Crippen molar-refractivity contribution in [1.82, 2.24) is 4.57 Å². The maximum Gasteiger partial charge on any atom is 0.231 e. The minimum Gasteiger partial charge on any atom is -0.454 e. The molecule has 5 rings (SSSR count). The van der Waals surface area contributed by atoms with E-state index in [9.17, 15) is 0 Å². The highest BCUT2D eigenvalue weighted by Gasteiger charge is 2.12. The number of ether oxygens (including phenoxy) is 2. The molecular formula is C24H19N3O2S. The summed E-state index contributed by atoms with van der Waals surface area (Å²) in [6.07, 6.45) is 1.72. The number of fused-ring (bicyclic) bond motifs is 1. The van der Waals surface area contributed by atoms with Gasteiger partial charge in [-0.2, -0.15) is 5.10 Å². The first-order valence-electron chi connectivity index (χ1n) is 9.58. The maximum absolute atomic E-state index is 5.42. The first kappa shape index (κ1) is 18.4. The zero-order valence-electron chi connectivity index (χ0n) is 16.4. The number of hydrogen-bond acceptors (Lipinski definition) is 5. The molecule has 0 atom stereocenters. The van der Waals surface area contributed by atoms with Crippen LogP contribution in [-0.4, -0.2) is 17.6 Å². The summed E-state index contributed by atoms with van der Waals surface area (Å²) < 4.78 is 12.9. The van der Waals surface area contributed by atoms with Crippen LogP contribution in [-0.2, 0) is 0 Å². The quantitative estimate of drug-likeness (QED) is 0.342. The molecule has 0 amide bonds. The van der Waals surface area contributed by atoms with Crippen LogP contribution in [0.1, 0.15) is 11.1 Å². The van der Waals surface area contributed by atoms with Gasteiger partial charge in [0.25, 0.3) is 0 Å². The van der Waals surface area contributed by atoms with Gasteiger partial charge in [-0.15, -0.1) is 16.4 Å². The summed E-state index contributed by atoms with van der Waals surface area (Å²) in [6, 6.07) is 24.4. The molecule has 0 spiro atoms. The molecule has 0 N–H and O–H groups in total. The van der Waals surface area contributed by atoms with Crippen LogP contribution in [0.2, 0.25) is 0 Å². The second-order valence-electron chi connectivity index (χ2n) is 6.90. The van der Waals surface area contributed by atoms with Crippen molar-refractivity contribution in [1.29, 1.82) is 0 Å². The molecule has 30 heavy (non-hydrogen) atoms. The van der Waals surface area contributed by atoms with E-state index in [1.165, 1.54) is 5.56 Å². The lowest BCUT2D eigenvalue weighted by Crippen LogP contribution is -2.13. The topological polar surface area (TPSA) is 48.1 Å². The smallest absolute Gasteiger partial charge is 0.231 e. The number of thiazole rings is 1. The van der Waals surface area contributed by atoms with Crippen molar-refractivity contribution in [2.75, 3.05) is 6.79 Å². The van der Waals surface area contributed by atoms with Gasteiger partial charge >= 0.3 is 0 Å². The molecule has 0 saturated carbocycles. The number of para-hydroxylation sites is 1. The van der Waals surface area contributed by atoms with Gasteiger partial charge in [0.05, 0.1) is 11.9 Å². The van der Waals surface area contributed by atoms with Gasteiger partial charge in [0.15, 0.2) is 11.5 Å². The Morgan fingerprint density at radius 3 is 2.57 bits per heavy atom. The summed E-state index contributed by atoms with van der Waals surface area (Å²) in [6.45, 7) is 2.35. The van der Waals surface area contributed by atoms with Crippen molar-refractivity contribution in [3.63, 3.8) is 0 Å². The summed E-state index contributed by atoms with van der Waals surface area (Å²) in [7, 11) is 0. The molecule has 1 aliphatic heterocycles. The van der Waals surface area contributed by atoms with Gasteiger partial charge in [-0.05, 0) is 48.4 Å². The summed E-state index contributed by atoms with van der Waals surface area (Å²) >= 11 is 1.56.